The van der Waals surface area contributed by atoms with E-state index in [2.05, 4.69) is 24.5 Å². The molecule has 0 aliphatic heterocycles. The molecule has 0 aromatic heterocycles. The number of ether oxygens (including phenoxy) is 1. The molecule has 1 aromatic rings. The molecular weight excluding hydrogens is 478 g/mol. The summed E-state index contributed by atoms with van der Waals surface area (Å²) < 4.78 is 5.48. The molecule has 3 amide bonds. The van der Waals surface area contributed by atoms with E-state index in [1.807, 2.05) is 52.8 Å². The molecule has 7 heteroatoms. The van der Waals surface area contributed by atoms with Crippen molar-refractivity contribution in [2.24, 2.45) is 5.92 Å². The Morgan fingerprint density at radius 3 is 2.13 bits per heavy atom. The first kappa shape index (κ1) is 33.5. The van der Waals surface area contributed by atoms with Crippen LogP contribution in [0.1, 0.15) is 117 Å². The van der Waals surface area contributed by atoms with Gasteiger partial charge in [-0.25, -0.2) is 4.79 Å². The lowest BCUT2D eigenvalue weighted by Crippen LogP contribution is -2.54. The number of nitrogens with one attached hydrogen (secondary N) is 2. The topological polar surface area (TPSA) is 87.7 Å². The molecule has 3 atom stereocenters. The van der Waals surface area contributed by atoms with Gasteiger partial charge in [-0.1, -0.05) is 65.2 Å². The molecule has 0 saturated heterocycles. The van der Waals surface area contributed by atoms with Crippen molar-refractivity contribution in [2.45, 2.75) is 131 Å². The maximum absolute atomic E-state index is 14.2. The van der Waals surface area contributed by atoms with E-state index >= 15 is 0 Å². The van der Waals surface area contributed by atoms with Crippen molar-refractivity contribution >= 4 is 17.9 Å². The largest absolute Gasteiger partial charge is 0.444 e. The minimum absolute atomic E-state index is 0.0134. The number of alkyl carbamates (subject to hydrolysis) is 1. The minimum Gasteiger partial charge on any atom is -0.444 e. The van der Waals surface area contributed by atoms with Crippen LogP contribution in [0.25, 0.3) is 0 Å². The van der Waals surface area contributed by atoms with Gasteiger partial charge in [-0.3, -0.25) is 9.59 Å². The quantitative estimate of drug-likeness (QED) is 0.265. The van der Waals surface area contributed by atoms with Crippen LogP contribution in [0.4, 0.5) is 4.79 Å². The number of amides is 3. The van der Waals surface area contributed by atoms with E-state index < -0.39 is 23.8 Å². The summed E-state index contributed by atoms with van der Waals surface area (Å²) in [6, 6.07) is 4.33. The molecule has 0 aliphatic carbocycles. The highest BCUT2D eigenvalue weighted by molar-refractivity contribution is 5.92. The van der Waals surface area contributed by atoms with Crippen LogP contribution in [0.5, 0.6) is 0 Å². The first-order chi connectivity index (χ1) is 17.7. The third-order valence-electron chi connectivity index (χ3n) is 6.50. The molecule has 0 fully saturated rings. The van der Waals surface area contributed by atoms with Crippen LogP contribution in [0.3, 0.4) is 0 Å². The summed E-state index contributed by atoms with van der Waals surface area (Å²) in [6.45, 7) is 20.1. The van der Waals surface area contributed by atoms with E-state index in [9.17, 15) is 14.4 Å². The molecule has 1 rings (SSSR count). The molecule has 0 radical (unpaired) electrons. The number of carbonyl (C=O) groups excluding carboxylic acids is 3. The minimum atomic E-state index is -0.804. The molecule has 0 spiro atoms. The summed E-state index contributed by atoms with van der Waals surface area (Å²) in [5.41, 5.74) is 2.28. The van der Waals surface area contributed by atoms with Crippen molar-refractivity contribution < 1.29 is 19.1 Å². The van der Waals surface area contributed by atoms with Crippen LogP contribution in [0.2, 0.25) is 0 Å². The third-order valence-corrected chi connectivity index (χ3v) is 6.50. The summed E-state index contributed by atoms with van der Waals surface area (Å²) in [7, 11) is 0. The van der Waals surface area contributed by atoms with Crippen LogP contribution < -0.4 is 10.6 Å². The van der Waals surface area contributed by atoms with Crippen molar-refractivity contribution in [3.8, 4) is 0 Å². The predicted molar refractivity (Wildman–Crippen MR) is 155 cm³/mol. The van der Waals surface area contributed by atoms with Gasteiger partial charge in [-0.2, -0.15) is 0 Å². The van der Waals surface area contributed by atoms with E-state index in [4.69, 9.17) is 4.74 Å². The normalized spacial score (nSPS) is 14.0. The average Bonchev–Trinajstić information content (AvgIpc) is 2.78. The van der Waals surface area contributed by atoms with Crippen LogP contribution in [0.15, 0.2) is 18.2 Å². The van der Waals surface area contributed by atoms with Gasteiger partial charge in [-0.05, 0) is 83.4 Å². The van der Waals surface area contributed by atoms with Crippen LogP contribution in [-0.2, 0) is 14.3 Å². The van der Waals surface area contributed by atoms with Gasteiger partial charge in [-0.15, -0.1) is 0 Å². The fourth-order valence-corrected chi connectivity index (χ4v) is 4.48. The molecule has 0 heterocycles. The average molecular weight is 532 g/mol. The number of benzene rings is 1. The number of hydrogen-bond acceptors (Lipinski definition) is 4. The van der Waals surface area contributed by atoms with Crippen LogP contribution in [-0.4, -0.2) is 47.0 Å². The fourth-order valence-electron chi connectivity index (χ4n) is 4.48. The lowest BCUT2D eigenvalue weighted by Gasteiger charge is -2.35. The molecular formula is C31H53N3O4. The molecule has 0 bridgehead atoms. The predicted octanol–water partition coefficient (Wildman–Crippen LogP) is 6.61. The molecule has 0 aliphatic rings. The summed E-state index contributed by atoms with van der Waals surface area (Å²) >= 11 is 0. The Bertz CT molecular complexity index is 907. The number of carbonyl (C=O) groups is 3. The Morgan fingerprint density at radius 2 is 1.61 bits per heavy atom. The van der Waals surface area contributed by atoms with Gasteiger partial charge in [0.1, 0.15) is 17.7 Å². The number of unbranched alkanes of at least 4 members (excludes halogenated alkanes) is 2. The van der Waals surface area contributed by atoms with Crippen LogP contribution >= 0.6 is 0 Å². The van der Waals surface area contributed by atoms with Gasteiger partial charge >= 0.3 is 6.09 Å². The maximum atomic E-state index is 14.2. The number of rotatable bonds is 14. The second-order valence-electron chi connectivity index (χ2n) is 12.0. The van der Waals surface area contributed by atoms with Gasteiger partial charge in [0.25, 0.3) is 0 Å². The Labute approximate surface area is 231 Å². The Kier molecular flexibility index (Phi) is 13.9. The van der Waals surface area contributed by atoms with E-state index in [-0.39, 0.29) is 23.8 Å². The molecule has 7 nitrogen and oxygen atoms in total. The second kappa shape index (κ2) is 15.7. The second-order valence-corrected chi connectivity index (χ2v) is 12.0. The number of nitrogens with zero attached hydrogens (tertiary/aromatic N) is 1. The van der Waals surface area contributed by atoms with Crippen molar-refractivity contribution in [3.05, 3.63) is 34.9 Å². The SMILES string of the molecule is CCCCCN(C(=O)C(CC(C)C)NC(=O)OC(C)(C)C)C(C(=O)NC(C)CCC)c1ccc(C)c(C)c1. The van der Waals surface area contributed by atoms with Gasteiger partial charge in [0.05, 0.1) is 0 Å². The first-order valence-electron chi connectivity index (χ1n) is 14.4. The number of aryl methyl sites for hydroxylation is 2. The van der Waals surface area contributed by atoms with Gasteiger partial charge in [0, 0.05) is 12.6 Å². The zero-order valence-electron chi connectivity index (χ0n) is 25.6. The van der Waals surface area contributed by atoms with Gasteiger partial charge in [0.15, 0.2) is 0 Å². The zero-order chi connectivity index (χ0) is 29.0. The summed E-state index contributed by atoms with van der Waals surface area (Å²) in [4.78, 5) is 42.5. The van der Waals surface area contributed by atoms with Crippen molar-refractivity contribution in [2.75, 3.05) is 6.54 Å². The van der Waals surface area contributed by atoms with E-state index in [1.165, 1.54) is 0 Å². The standard InChI is InChI=1S/C31H53N3O4/c1-11-13-14-18-34(29(36)26(19-21(3)4)33-30(37)38-31(8,9)10)27(28(35)32-24(7)15-12-2)25-17-16-22(5)23(6)20-25/h16-17,20-21,24,26-27H,11-15,18-19H2,1-10H3,(H,32,35)(H,33,37). The fraction of sp³-hybridized carbons (Fsp3) is 0.710. The molecule has 0 saturated carbocycles. The number of hydrogen-bond donors (Lipinski definition) is 2. The first-order valence-corrected chi connectivity index (χ1v) is 14.4. The lowest BCUT2D eigenvalue weighted by molar-refractivity contribution is -0.143. The summed E-state index contributed by atoms with van der Waals surface area (Å²) in [5.74, 6) is -0.309. The van der Waals surface area contributed by atoms with E-state index in [0.29, 0.717) is 13.0 Å². The van der Waals surface area contributed by atoms with Crippen molar-refractivity contribution in [1.82, 2.24) is 15.5 Å². The monoisotopic (exact) mass is 531 g/mol. The van der Waals surface area contributed by atoms with Crippen molar-refractivity contribution in [1.29, 1.82) is 0 Å². The van der Waals surface area contributed by atoms with E-state index in [0.717, 1.165) is 48.8 Å². The van der Waals surface area contributed by atoms with Crippen LogP contribution in [0, 0.1) is 19.8 Å². The smallest absolute Gasteiger partial charge is 0.408 e. The van der Waals surface area contributed by atoms with Gasteiger partial charge < -0.3 is 20.3 Å². The highest BCUT2D eigenvalue weighted by Crippen LogP contribution is 2.27. The molecule has 2 N–H and O–H groups in total. The van der Waals surface area contributed by atoms with E-state index in [1.54, 1.807) is 25.7 Å². The van der Waals surface area contributed by atoms with Crippen molar-refractivity contribution in [3.63, 3.8) is 0 Å². The Morgan fingerprint density at radius 1 is 0.947 bits per heavy atom. The third kappa shape index (κ3) is 11.4. The Balaban J connectivity index is 3.55. The summed E-state index contributed by atoms with van der Waals surface area (Å²) in [6.07, 6.45) is 4.30. The lowest BCUT2D eigenvalue weighted by atomic mass is 9.96. The Hall–Kier alpha value is -2.57. The molecule has 1 aromatic carbocycles. The summed E-state index contributed by atoms with van der Waals surface area (Å²) in [5, 5.41) is 5.96. The highest BCUT2D eigenvalue weighted by atomic mass is 16.6. The maximum Gasteiger partial charge on any atom is 0.408 e. The highest BCUT2D eigenvalue weighted by Gasteiger charge is 2.36. The molecule has 216 valence electrons. The van der Waals surface area contributed by atoms with Gasteiger partial charge in [0.2, 0.25) is 11.8 Å². The molecule has 3 unspecified atom stereocenters. The zero-order valence-corrected chi connectivity index (χ0v) is 25.6. The molecule has 38 heavy (non-hydrogen) atoms.